The number of hydrogen-bond acceptors (Lipinski definition) is 7. The number of carbonyl (C=O) groups excluding carboxylic acids is 1. The van der Waals surface area contributed by atoms with Crippen LogP contribution >= 0.6 is 11.8 Å². The van der Waals surface area contributed by atoms with Crippen LogP contribution in [0.1, 0.15) is 25.7 Å². The molecular weight excluding hydrogens is 254 g/mol. The molecule has 0 amide bonds. The van der Waals surface area contributed by atoms with Crippen molar-refractivity contribution in [2.45, 2.75) is 41.6 Å². The SMILES string of the molecule is COC(=O)C1(N)CCCC(Sc2nnnn2C)C1. The lowest BCUT2D eigenvalue weighted by molar-refractivity contribution is -0.148. The molecule has 8 heteroatoms. The van der Waals surface area contributed by atoms with Crippen molar-refractivity contribution in [3.05, 3.63) is 0 Å². The Morgan fingerprint density at radius 3 is 3.06 bits per heavy atom. The van der Waals surface area contributed by atoms with Crippen LogP contribution in [0.25, 0.3) is 0 Å². The highest BCUT2D eigenvalue weighted by Gasteiger charge is 2.40. The number of rotatable bonds is 3. The van der Waals surface area contributed by atoms with E-state index in [1.807, 2.05) is 0 Å². The van der Waals surface area contributed by atoms with Crippen LogP contribution in [0.2, 0.25) is 0 Å². The zero-order valence-corrected chi connectivity index (χ0v) is 11.3. The first-order valence-corrected chi connectivity index (χ1v) is 6.69. The third-order valence-corrected chi connectivity index (χ3v) is 4.48. The smallest absolute Gasteiger partial charge is 0.325 e. The molecule has 1 fully saturated rings. The van der Waals surface area contributed by atoms with Crippen molar-refractivity contribution in [2.75, 3.05) is 7.11 Å². The summed E-state index contributed by atoms with van der Waals surface area (Å²) in [5.74, 6) is -0.330. The van der Waals surface area contributed by atoms with Crippen molar-refractivity contribution in [1.82, 2.24) is 20.2 Å². The molecule has 2 unspecified atom stereocenters. The predicted octanol–water partition coefficient (Wildman–Crippen LogP) is 0.115. The van der Waals surface area contributed by atoms with Crippen LogP contribution in [0.5, 0.6) is 0 Å². The molecule has 2 N–H and O–H groups in total. The van der Waals surface area contributed by atoms with Crippen LogP contribution in [0, 0.1) is 0 Å². The summed E-state index contributed by atoms with van der Waals surface area (Å²) in [6.45, 7) is 0. The monoisotopic (exact) mass is 271 g/mol. The summed E-state index contributed by atoms with van der Waals surface area (Å²) in [5, 5.41) is 12.3. The number of thioether (sulfide) groups is 1. The summed E-state index contributed by atoms with van der Waals surface area (Å²) in [6, 6.07) is 0. The minimum Gasteiger partial charge on any atom is -0.468 e. The number of esters is 1. The number of tetrazole rings is 1. The number of nitrogens with zero attached hydrogens (tertiary/aromatic N) is 4. The van der Waals surface area contributed by atoms with Crippen LogP contribution in [-0.2, 0) is 16.6 Å². The molecule has 1 heterocycles. The summed E-state index contributed by atoms with van der Waals surface area (Å²) in [7, 11) is 3.17. The summed E-state index contributed by atoms with van der Waals surface area (Å²) in [5.41, 5.74) is 5.26. The van der Waals surface area contributed by atoms with Crippen molar-refractivity contribution in [2.24, 2.45) is 12.8 Å². The van der Waals surface area contributed by atoms with Gasteiger partial charge in [-0.05, 0) is 36.1 Å². The van der Waals surface area contributed by atoms with E-state index in [9.17, 15) is 4.79 Å². The van der Waals surface area contributed by atoms with E-state index in [2.05, 4.69) is 15.5 Å². The Morgan fingerprint density at radius 2 is 2.44 bits per heavy atom. The number of hydrogen-bond donors (Lipinski definition) is 1. The number of ether oxygens (including phenoxy) is 1. The maximum absolute atomic E-state index is 11.7. The number of nitrogens with two attached hydrogens (primary N) is 1. The van der Waals surface area contributed by atoms with Crippen LogP contribution in [0.3, 0.4) is 0 Å². The second-order valence-corrected chi connectivity index (χ2v) is 5.84. The molecule has 0 aromatic carbocycles. The molecule has 0 saturated heterocycles. The van der Waals surface area contributed by atoms with Crippen LogP contribution in [0.15, 0.2) is 5.16 Å². The molecule has 100 valence electrons. The number of carbonyl (C=O) groups is 1. The maximum atomic E-state index is 11.7. The molecule has 2 rings (SSSR count). The first kappa shape index (κ1) is 13.3. The molecule has 0 spiro atoms. The molecule has 1 aromatic rings. The van der Waals surface area contributed by atoms with Gasteiger partial charge in [0.05, 0.1) is 7.11 Å². The molecule has 18 heavy (non-hydrogen) atoms. The summed E-state index contributed by atoms with van der Waals surface area (Å²) in [4.78, 5) is 11.7. The van der Waals surface area contributed by atoms with Crippen LogP contribution < -0.4 is 5.73 Å². The first-order valence-electron chi connectivity index (χ1n) is 5.81. The Balaban J connectivity index is 2.03. The van der Waals surface area contributed by atoms with Gasteiger partial charge in [-0.25, -0.2) is 4.68 Å². The van der Waals surface area contributed by atoms with E-state index in [4.69, 9.17) is 10.5 Å². The number of aryl methyl sites for hydroxylation is 1. The molecule has 1 aliphatic carbocycles. The Bertz CT molecular complexity index is 438. The highest BCUT2D eigenvalue weighted by atomic mass is 32.2. The fourth-order valence-electron chi connectivity index (χ4n) is 2.21. The van der Waals surface area contributed by atoms with Gasteiger partial charge in [-0.2, -0.15) is 0 Å². The Morgan fingerprint density at radius 1 is 1.67 bits per heavy atom. The Hall–Kier alpha value is -1.15. The molecule has 0 bridgehead atoms. The van der Waals surface area contributed by atoms with Crippen molar-refractivity contribution < 1.29 is 9.53 Å². The third-order valence-electron chi connectivity index (χ3n) is 3.19. The van der Waals surface area contributed by atoms with Crippen molar-refractivity contribution in [1.29, 1.82) is 0 Å². The quantitative estimate of drug-likeness (QED) is 0.780. The molecule has 1 aliphatic rings. The lowest BCUT2D eigenvalue weighted by Gasteiger charge is -2.34. The van der Waals surface area contributed by atoms with Gasteiger partial charge in [0.15, 0.2) is 0 Å². The van der Waals surface area contributed by atoms with Gasteiger partial charge in [0.2, 0.25) is 5.16 Å². The standard InChI is InChI=1S/C10H17N5O2S/c1-15-9(12-13-14-15)18-7-4-3-5-10(11,6-7)8(16)17-2/h7H,3-6,11H2,1-2H3. The van der Waals surface area contributed by atoms with Crippen LogP contribution in [-0.4, -0.2) is 44.1 Å². The van der Waals surface area contributed by atoms with Crippen molar-refractivity contribution >= 4 is 17.7 Å². The maximum Gasteiger partial charge on any atom is 0.325 e. The Kier molecular flexibility index (Phi) is 3.86. The second kappa shape index (κ2) is 5.23. The van der Waals surface area contributed by atoms with Gasteiger partial charge in [0.25, 0.3) is 0 Å². The van der Waals surface area contributed by atoms with Gasteiger partial charge in [-0.3, -0.25) is 4.79 Å². The van der Waals surface area contributed by atoms with E-state index in [-0.39, 0.29) is 11.2 Å². The van der Waals surface area contributed by atoms with Gasteiger partial charge in [-0.15, -0.1) is 5.10 Å². The molecule has 2 atom stereocenters. The average molecular weight is 271 g/mol. The molecule has 0 aliphatic heterocycles. The van der Waals surface area contributed by atoms with Gasteiger partial charge in [0.1, 0.15) is 5.54 Å². The normalized spacial score (nSPS) is 28.1. The Labute approximate surface area is 109 Å². The zero-order chi connectivity index (χ0) is 13.2. The minimum absolute atomic E-state index is 0.243. The van der Waals surface area contributed by atoms with E-state index in [0.29, 0.717) is 12.8 Å². The van der Waals surface area contributed by atoms with E-state index in [1.54, 1.807) is 23.5 Å². The minimum atomic E-state index is -0.864. The number of aromatic nitrogens is 4. The lowest BCUT2D eigenvalue weighted by atomic mass is 9.82. The van der Waals surface area contributed by atoms with Gasteiger partial charge < -0.3 is 10.5 Å². The topological polar surface area (TPSA) is 95.9 Å². The zero-order valence-electron chi connectivity index (χ0n) is 10.5. The van der Waals surface area contributed by atoms with E-state index in [1.165, 1.54) is 7.11 Å². The van der Waals surface area contributed by atoms with E-state index in [0.717, 1.165) is 18.0 Å². The van der Waals surface area contributed by atoms with Gasteiger partial charge >= 0.3 is 5.97 Å². The van der Waals surface area contributed by atoms with Gasteiger partial charge in [-0.1, -0.05) is 11.8 Å². The van der Waals surface area contributed by atoms with E-state index < -0.39 is 5.54 Å². The molecule has 1 aromatic heterocycles. The highest BCUT2D eigenvalue weighted by molar-refractivity contribution is 7.99. The van der Waals surface area contributed by atoms with Crippen molar-refractivity contribution in [3.8, 4) is 0 Å². The van der Waals surface area contributed by atoms with Crippen molar-refractivity contribution in [3.63, 3.8) is 0 Å². The third kappa shape index (κ3) is 2.64. The fourth-order valence-corrected chi connectivity index (χ4v) is 3.45. The fraction of sp³-hybridized carbons (Fsp3) is 0.800. The number of methoxy groups -OCH3 is 1. The highest BCUT2D eigenvalue weighted by Crippen LogP contribution is 2.36. The average Bonchev–Trinajstić information content (AvgIpc) is 2.74. The molecule has 7 nitrogen and oxygen atoms in total. The first-order chi connectivity index (χ1) is 8.55. The van der Waals surface area contributed by atoms with E-state index >= 15 is 0 Å². The second-order valence-electron chi connectivity index (χ2n) is 4.57. The summed E-state index contributed by atoms with van der Waals surface area (Å²) < 4.78 is 6.40. The lowest BCUT2D eigenvalue weighted by Crippen LogP contribution is -2.52. The van der Waals surface area contributed by atoms with Crippen LogP contribution in [0.4, 0.5) is 0 Å². The summed E-state index contributed by atoms with van der Waals surface area (Å²) >= 11 is 1.57. The molecule has 0 radical (unpaired) electrons. The molecular formula is C10H17N5O2S. The largest absolute Gasteiger partial charge is 0.468 e. The van der Waals surface area contributed by atoms with Gasteiger partial charge in [0, 0.05) is 12.3 Å². The predicted molar refractivity (Wildman–Crippen MR) is 65.8 cm³/mol. The summed E-state index contributed by atoms with van der Waals surface area (Å²) in [6.07, 6.45) is 3.19. The molecule has 1 saturated carbocycles.